The van der Waals surface area contributed by atoms with E-state index in [0.29, 0.717) is 18.5 Å². The molecule has 3 fully saturated rings. The van der Waals surface area contributed by atoms with Gasteiger partial charge >= 0.3 is 6.03 Å². The number of carbonyl (C=O) groups is 2. The van der Waals surface area contributed by atoms with Gasteiger partial charge in [-0.3, -0.25) is 9.69 Å². The molecule has 5 nitrogen and oxygen atoms in total. The summed E-state index contributed by atoms with van der Waals surface area (Å²) in [5.74, 6) is 0.320. The Kier molecular flexibility index (Phi) is 3.25. The Bertz CT molecular complexity index is 386. The van der Waals surface area contributed by atoms with Crippen LogP contribution in [0.5, 0.6) is 0 Å². The van der Waals surface area contributed by atoms with Crippen molar-refractivity contribution in [2.45, 2.75) is 57.0 Å². The molecule has 1 unspecified atom stereocenters. The van der Waals surface area contributed by atoms with Crippen molar-refractivity contribution in [1.82, 2.24) is 15.5 Å². The first-order valence-corrected chi connectivity index (χ1v) is 7.48. The maximum atomic E-state index is 12.4. The lowest BCUT2D eigenvalue weighted by molar-refractivity contribution is -0.131. The van der Waals surface area contributed by atoms with Crippen LogP contribution in [0.4, 0.5) is 4.79 Å². The average Bonchev–Trinajstić information content (AvgIpc) is 3.06. The summed E-state index contributed by atoms with van der Waals surface area (Å²) in [4.78, 5) is 25.9. The van der Waals surface area contributed by atoms with Gasteiger partial charge in [0.05, 0.1) is 0 Å². The van der Waals surface area contributed by atoms with E-state index in [0.717, 1.165) is 32.2 Å². The Morgan fingerprint density at radius 3 is 2.68 bits per heavy atom. The van der Waals surface area contributed by atoms with Gasteiger partial charge in [-0.2, -0.15) is 0 Å². The second kappa shape index (κ2) is 4.78. The van der Waals surface area contributed by atoms with Crippen molar-refractivity contribution in [1.29, 1.82) is 0 Å². The van der Waals surface area contributed by atoms with Crippen molar-refractivity contribution in [3.63, 3.8) is 0 Å². The third kappa shape index (κ3) is 2.48. The molecule has 1 aliphatic heterocycles. The minimum Gasteiger partial charge on any atom is -0.323 e. The summed E-state index contributed by atoms with van der Waals surface area (Å²) in [7, 11) is 0. The Hall–Kier alpha value is -1.10. The van der Waals surface area contributed by atoms with Gasteiger partial charge in [-0.15, -0.1) is 0 Å². The standard InChI is InChI=1S/C14H23N3O2/c1-10(8-15-11-4-5-11)9-17-12(18)14(16-13(17)19)6-2-3-7-14/h10-11,15H,2-9H2,1H3,(H,16,19). The first-order valence-electron chi connectivity index (χ1n) is 7.48. The largest absolute Gasteiger partial charge is 0.325 e. The molecule has 19 heavy (non-hydrogen) atoms. The molecule has 0 bridgehead atoms. The molecule has 2 aliphatic carbocycles. The summed E-state index contributed by atoms with van der Waals surface area (Å²) in [6.45, 7) is 3.51. The van der Waals surface area contributed by atoms with E-state index < -0.39 is 5.54 Å². The fraction of sp³-hybridized carbons (Fsp3) is 0.857. The zero-order valence-electron chi connectivity index (χ0n) is 11.6. The second-order valence-electron chi connectivity index (χ2n) is 6.42. The van der Waals surface area contributed by atoms with Gasteiger partial charge in [0.2, 0.25) is 0 Å². The first-order chi connectivity index (χ1) is 9.11. The Morgan fingerprint density at radius 1 is 1.37 bits per heavy atom. The van der Waals surface area contributed by atoms with Crippen molar-refractivity contribution in [3.8, 4) is 0 Å². The molecule has 5 heteroatoms. The molecule has 0 aromatic carbocycles. The molecule has 1 spiro atoms. The third-order valence-corrected chi connectivity index (χ3v) is 4.53. The molecule has 0 aromatic rings. The molecule has 3 aliphatic rings. The average molecular weight is 265 g/mol. The molecular formula is C14H23N3O2. The van der Waals surface area contributed by atoms with Crippen LogP contribution < -0.4 is 10.6 Å². The topological polar surface area (TPSA) is 61.4 Å². The predicted molar refractivity (Wildman–Crippen MR) is 71.6 cm³/mol. The molecule has 3 amide bonds. The summed E-state index contributed by atoms with van der Waals surface area (Å²) in [5.41, 5.74) is -0.555. The molecule has 3 rings (SSSR count). The van der Waals surface area contributed by atoms with Gasteiger partial charge < -0.3 is 10.6 Å². The van der Waals surface area contributed by atoms with Gasteiger partial charge in [0.1, 0.15) is 5.54 Å². The quantitative estimate of drug-likeness (QED) is 0.735. The number of imide groups is 1. The lowest BCUT2D eigenvalue weighted by Gasteiger charge is -2.22. The van der Waals surface area contributed by atoms with E-state index in [2.05, 4.69) is 17.6 Å². The van der Waals surface area contributed by atoms with Crippen LogP contribution in [-0.2, 0) is 4.79 Å². The minimum absolute atomic E-state index is 0.00766. The highest BCUT2D eigenvalue weighted by Gasteiger charge is 2.52. The molecule has 106 valence electrons. The molecule has 2 saturated carbocycles. The van der Waals surface area contributed by atoms with Crippen LogP contribution in [0.15, 0.2) is 0 Å². The Morgan fingerprint density at radius 2 is 2.05 bits per heavy atom. The van der Waals surface area contributed by atoms with Gasteiger partial charge in [0, 0.05) is 12.6 Å². The molecule has 0 aromatic heterocycles. The van der Waals surface area contributed by atoms with Crippen LogP contribution in [0.2, 0.25) is 0 Å². The predicted octanol–water partition coefficient (Wildman–Crippen LogP) is 1.24. The van der Waals surface area contributed by atoms with Crippen molar-refractivity contribution in [2.24, 2.45) is 5.92 Å². The van der Waals surface area contributed by atoms with Gasteiger partial charge in [-0.05, 0) is 38.1 Å². The molecule has 2 N–H and O–H groups in total. The zero-order chi connectivity index (χ0) is 13.5. The summed E-state index contributed by atoms with van der Waals surface area (Å²) in [5, 5.41) is 6.38. The van der Waals surface area contributed by atoms with Gasteiger partial charge in [-0.25, -0.2) is 4.79 Å². The van der Waals surface area contributed by atoms with E-state index in [1.165, 1.54) is 17.7 Å². The molecule has 1 atom stereocenters. The molecule has 0 radical (unpaired) electrons. The van der Waals surface area contributed by atoms with Crippen LogP contribution >= 0.6 is 0 Å². The highest BCUT2D eigenvalue weighted by atomic mass is 16.2. The summed E-state index contributed by atoms with van der Waals surface area (Å²) in [6, 6.07) is 0.483. The highest BCUT2D eigenvalue weighted by Crippen LogP contribution is 2.35. The lowest BCUT2D eigenvalue weighted by Crippen LogP contribution is -2.44. The van der Waals surface area contributed by atoms with E-state index in [-0.39, 0.29) is 11.9 Å². The number of rotatable bonds is 5. The van der Waals surface area contributed by atoms with Crippen LogP contribution in [0.1, 0.15) is 45.4 Å². The fourth-order valence-corrected chi connectivity index (χ4v) is 3.19. The van der Waals surface area contributed by atoms with Crippen LogP contribution in [0.25, 0.3) is 0 Å². The summed E-state index contributed by atoms with van der Waals surface area (Å²) in [6.07, 6.45) is 6.22. The van der Waals surface area contributed by atoms with E-state index in [9.17, 15) is 9.59 Å². The third-order valence-electron chi connectivity index (χ3n) is 4.53. The van der Waals surface area contributed by atoms with Crippen molar-refractivity contribution in [2.75, 3.05) is 13.1 Å². The van der Waals surface area contributed by atoms with Crippen LogP contribution in [-0.4, -0.2) is 41.5 Å². The Labute approximate surface area is 114 Å². The number of hydrogen-bond acceptors (Lipinski definition) is 3. The number of nitrogens with zero attached hydrogens (tertiary/aromatic N) is 1. The number of urea groups is 1. The zero-order valence-corrected chi connectivity index (χ0v) is 11.6. The maximum Gasteiger partial charge on any atom is 0.325 e. The van der Waals surface area contributed by atoms with Crippen molar-refractivity contribution < 1.29 is 9.59 Å². The number of hydrogen-bond donors (Lipinski definition) is 2. The molecule has 1 heterocycles. The number of carbonyl (C=O) groups excluding carboxylic acids is 2. The van der Waals surface area contributed by atoms with Gasteiger partial charge in [-0.1, -0.05) is 19.8 Å². The second-order valence-corrected chi connectivity index (χ2v) is 6.42. The van der Waals surface area contributed by atoms with E-state index in [1.807, 2.05) is 0 Å². The lowest BCUT2D eigenvalue weighted by atomic mass is 9.98. The highest BCUT2D eigenvalue weighted by molar-refractivity contribution is 6.07. The molecule has 1 saturated heterocycles. The van der Waals surface area contributed by atoms with E-state index >= 15 is 0 Å². The minimum atomic E-state index is -0.555. The van der Waals surface area contributed by atoms with Gasteiger partial charge in [0.15, 0.2) is 0 Å². The van der Waals surface area contributed by atoms with Crippen LogP contribution in [0.3, 0.4) is 0 Å². The Balaban J connectivity index is 1.57. The monoisotopic (exact) mass is 265 g/mol. The van der Waals surface area contributed by atoms with E-state index in [4.69, 9.17) is 0 Å². The van der Waals surface area contributed by atoms with Crippen molar-refractivity contribution in [3.05, 3.63) is 0 Å². The SMILES string of the molecule is CC(CNC1CC1)CN1C(=O)NC2(CCCC2)C1=O. The smallest absolute Gasteiger partial charge is 0.323 e. The number of nitrogens with one attached hydrogen (secondary N) is 2. The fourth-order valence-electron chi connectivity index (χ4n) is 3.19. The first kappa shape index (κ1) is 12.9. The molecular weight excluding hydrogens is 242 g/mol. The van der Waals surface area contributed by atoms with Crippen molar-refractivity contribution >= 4 is 11.9 Å². The summed E-state index contributed by atoms with van der Waals surface area (Å²) < 4.78 is 0. The van der Waals surface area contributed by atoms with Gasteiger partial charge in [0.25, 0.3) is 5.91 Å². The van der Waals surface area contributed by atoms with Crippen LogP contribution in [0, 0.1) is 5.92 Å². The summed E-state index contributed by atoms with van der Waals surface area (Å²) >= 11 is 0. The van der Waals surface area contributed by atoms with E-state index in [1.54, 1.807) is 0 Å². The number of amides is 3. The maximum absolute atomic E-state index is 12.4. The normalized spacial score (nSPS) is 27.1.